The van der Waals surface area contributed by atoms with Crippen LogP contribution < -0.4 is 4.74 Å². The molecular formula is C17H15Cl2N3O3S2. The first-order valence-electron chi connectivity index (χ1n) is 7.76. The number of thioether (sulfide) groups is 1. The Kier molecular flexibility index (Phi) is 6.31. The standard InChI is InChI=1S/C17H15Cl2N3O3S2/c1-25-15-5-3-2-4-14(15)22-11-20-21-17(22)26-8-9-27(23,24)16-10-12(18)6-7-13(16)19/h2-7,10-11H,8-9H2,1H3. The highest BCUT2D eigenvalue weighted by Gasteiger charge is 2.20. The van der Waals surface area contributed by atoms with E-state index in [4.69, 9.17) is 27.9 Å². The number of benzene rings is 2. The molecule has 0 bridgehead atoms. The monoisotopic (exact) mass is 443 g/mol. The van der Waals surface area contributed by atoms with Crippen molar-refractivity contribution < 1.29 is 13.2 Å². The smallest absolute Gasteiger partial charge is 0.195 e. The van der Waals surface area contributed by atoms with Gasteiger partial charge in [-0.15, -0.1) is 10.2 Å². The zero-order chi connectivity index (χ0) is 19.4. The summed E-state index contributed by atoms with van der Waals surface area (Å²) in [5, 5.41) is 9.03. The number of rotatable bonds is 7. The lowest BCUT2D eigenvalue weighted by molar-refractivity contribution is 0.412. The summed E-state index contributed by atoms with van der Waals surface area (Å²) in [6.45, 7) is 0. The number of hydrogen-bond donors (Lipinski definition) is 0. The van der Waals surface area contributed by atoms with Gasteiger partial charge in [-0.05, 0) is 30.3 Å². The summed E-state index contributed by atoms with van der Waals surface area (Å²) in [6, 6.07) is 11.8. The summed E-state index contributed by atoms with van der Waals surface area (Å²) in [5.41, 5.74) is 0.772. The molecular weight excluding hydrogens is 429 g/mol. The number of hydrogen-bond acceptors (Lipinski definition) is 6. The topological polar surface area (TPSA) is 74.1 Å². The van der Waals surface area contributed by atoms with Crippen molar-refractivity contribution in [1.29, 1.82) is 0 Å². The minimum atomic E-state index is -3.58. The van der Waals surface area contributed by atoms with Gasteiger partial charge in [-0.3, -0.25) is 4.57 Å². The van der Waals surface area contributed by atoms with Crippen molar-refractivity contribution in [3.05, 3.63) is 58.8 Å². The van der Waals surface area contributed by atoms with E-state index in [1.54, 1.807) is 24.1 Å². The van der Waals surface area contributed by atoms with E-state index < -0.39 is 9.84 Å². The van der Waals surface area contributed by atoms with Crippen LogP contribution in [-0.4, -0.2) is 41.8 Å². The van der Waals surface area contributed by atoms with E-state index in [1.807, 2.05) is 24.3 Å². The Morgan fingerprint density at radius 2 is 1.96 bits per heavy atom. The Labute approximate surface area is 171 Å². The number of ether oxygens (including phenoxy) is 1. The molecule has 10 heteroatoms. The number of nitrogens with zero attached hydrogens (tertiary/aromatic N) is 3. The third-order valence-corrected chi connectivity index (χ3v) is 7.30. The molecule has 142 valence electrons. The molecule has 0 amide bonds. The molecule has 6 nitrogen and oxygen atoms in total. The van der Waals surface area contributed by atoms with Crippen LogP contribution >= 0.6 is 35.0 Å². The van der Waals surface area contributed by atoms with E-state index in [0.717, 1.165) is 5.69 Å². The Morgan fingerprint density at radius 3 is 2.74 bits per heavy atom. The summed E-state index contributed by atoms with van der Waals surface area (Å²) in [4.78, 5) is 0.0310. The van der Waals surface area contributed by atoms with E-state index in [2.05, 4.69) is 10.2 Å². The maximum atomic E-state index is 12.6. The molecule has 0 fully saturated rings. The summed E-state index contributed by atoms with van der Waals surface area (Å²) < 4.78 is 32.2. The van der Waals surface area contributed by atoms with Crippen molar-refractivity contribution >= 4 is 44.8 Å². The summed E-state index contributed by atoms with van der Waals surface area (Å²) in [7, 11) is -2.00. The van der Waals surface area contributed by atoms with Gasteiger partial charge >= 0.3 is 0 Å². The molecule has 1 heterocycles. The zero-order valence-corrected chi connectivity index (χ0v) is 17.3. The van der Waals surface area contributed by atoms with Gasteiger partial charge in [0.1, 0.15) is 12.1 Å². The van der Waals surface area contributed by atoms with Crippen LogP contribution in [0.5, 0.6) is 5.75 Å². The van der Waals surface area contributed by atoms with Crippen molar-refractivity contribution in [3.8, 4) is 11.4 Å². The predicted octanol–water partition coefficient (Wildman–Crippen LogP) is 4.15. The Balaban J connectivity index is 1.75. The summed E-state index contributed by atoms with van der Waals surface area (Å²) in [5.74, 6) is 0.827. The molecule has 0 saturated heterocycles. The van der Waals surface area contributed by atoms with Crippen molar-refractivity contribution in [2.45, 2.75) is 10.1 Å². The zero-order valence-electron chi connectivity index (χ0n) is 14.2. The maximum absolute atomic E-state index is 12.6. The molecule has 0 radical (unpaired) electrons. The highest BCUT2D eigenvalue weighted by atomic mass is 35.5. The third-order valence-electron chi connectivity index (χ3n) is 3.67. The average Bonchev–Trinajstić information content (AvgIpc) is 3.11. The molecule has 0 aliphatic heterocycles. The number of methoxy groups -OCH3 is 1. The van der Waals surface area contributed by atoms with Crippen LogP contribution in [0.25, 0.3) is 5.69 Å². The molecule has 0 N–H and O–H groups in total. The van der Waals surface area contributed by atoms with E-state index in [0.29, 0.717) is 15.9 Å². The van der Waals surface area contributed by atoms with Crippen molar-refractivity contribution in [1.82, 2.24) is 14.8 Å². The van der Waals surface area contributed by atoms with E-state index in [-0.39, 0.29) is 21.4 Å². The third kappa shape index (κ3) is 4.57. The van der Waals surface area contributed by atoms with Crippen LogP contribution in [-0.2, 0) is 9.84 Å². The molecule has 0 spiro atoms. The maximum Gasteiger partial charge on any atom is 0.195 e. The Bertz CT molecular complexity index is 1060. The van der Waals surface area contributed by atoms with Gasteiger partial charge in [0.2, 0.25) is 0 Å². The van der Waals surface area contributed by atoms with Gasteiger partial charge in [0, 0.05) is 10.8 Å². The Hall–Kier alpha value is -1.74. The lowest BCUT2D eigenvalue weighted by Crippen LogP contribution is -2.10. The van der Waals surface area contributed by atoms with Crippen LogP contribution in [0.3, 0.4) is 0 Å². The van der Waals surface area contributed by atoms with E-state index in [1.165, 1.54) is 23.9 Å². The van der Waals surface area contributed by atoms with Gasteiger partial charge in [0.15, 0.2) is 15.0 Å². The minimum Gasteiger partial charge on any atom is -0.495 e. The van der Waals surface area contributed by atoms with Gasteiger partial charge in [0.05, 0.1) is 28.5 Å². The number of para-hydroxylation sites is 2. The lowest BCUT2D eigenvalue weighted by Gasteiger charge is -2.11. The molecule has 0 atom stereocenters. The van der Waals surface area contributed by atoms with Crippen molar-refractivity contribution in [3.63, 3.8) is 0 Å². The second-order valence-corrected chi connectivity index (χ2v) is 9.38. The van der Waals surface area contributed by atoms with Crippen molar-refractivity contribution in [2.75, 3.05) is 18.6 Å². The largest absolute Gasteiger partial charge is 0.495 e. The normalized spacial score (nSPS) is 11.5. The van der Waals surface area contributed by atoms with Crippen molar-refractivity contribution in [2.24, 2.45) is 0 Å². The second-order valence-electron chi connectivity index (χ2n) is 5.40. The van der Waals surface area contributed by atoms with Crippen LogP contribution in [0.2, 0.25) is 10.0 Å². The molecule has 0 unspecified atom stereocenters. The quantitative estimate of drug-likeness (QED) is 0.510. The summed E-state index contributed by atoms with van der Waals surface area (Å²) in [6.07, 6.45) is 1.56. The first kappa shape index (κ1) is 20.0. The van der Waals surface area contributed by atoms with Crippen LogP contribution in [0, 0.1) is 0 Å². The van der Waals surface area contributed by atoms with Gasteiger partial charge in [0.25, 0.3) is 0 Å². The van der Waals surface area contributed by atoms with Gasteiger partial charge in [-0.1, -0.05) is 47.1 Å². The van der Waals surface area contributed by atoms with E-state index >= 15 is 0 Å². The van der Waals surface area contributed by atoms with Crippen LogP contribution in [0.1, 0.15) is 0 Å². The lowest BCUT2D eigenvalue weighted by atomic mass is 10.3. The predicted molar refractivity (Wildman–Crippen MR) is 107 cm³/mol. The second kappa shape index (κ2) is 8.52. The van der Waals surface area contributed by atoms with Gasteiger partial charge in [-0.25, -0.2) is 8.42 Å². The van der Waals surface area contributed by atoms with E-state index in [9.17, 15) is 8.42 Å². The van der Waals surface area contributed by atoms with Crippen LogP contribution in [0.4, 0.5) is 0 Å². The van der Waals surface area contributed by atoms with Crippen LogP contribution in [0.15, 0.2) is 58.8 Å². The molecule has 0 aliphatic carbocycles. The first-order chi connectivity index (χ1) is 12.9. The fraction of sp³-hybridized carbons (Fsp3) is 0.176. The average molecular weight is 444 g/mol. The highest BCUT2D eigenvalue weighted by Crippen LogP contribution is 2.29. The SMILES string of the molecule is COc1ccccc1-n1cnnc1SCCS(=O)(=O)c1cc(Cl)ccc1Cl. The molecule has 2 aromatic carbocycles. The Morgan fingerprint density at radius 1 is 1.19 bits per heavy atom. The number of aromatic nitrogens is 3. The molecule has 3 rings (SSSR count). The fourth-order valence-corrected chi connectivity index (χ4v) is 5.77. The molecule has 27 heavy (non-hydrogen) atoms. The van der Waals surface area contributed by atoms with Gasteiger partial charge < -0.3 is 4.74 Å². The highest BCUT2D eigenvalue weighted by molar-refractivity contribution is 8.00. The fourth-order valence-electron chi connectivity index (χ4n) is 2.39. The summed E-state index contributed by atoms with van der Waals surface area (Å²) >= 11 is 13.2. The first-order valence-corrected chi connectivity index (χ1v) is 11.2. The minimum absolute atomic E-state index is 0.0310. The molecule has 0 aliphatic rings. The molecule has 1 aromatic heterocycles. The molecule has 0 saturated carbocycles. The number of halogens is 2. The molecule has 3 aromatic rings. The number of sulfone groups is 1. The van der Waals surface area contributed by atoms with Gasteiger partial charge in [-0.2, -0.15) is 0 Å².